The minimum absolute atomic E-state index is 0.0401. The second-order valence-corrected chi connectivity index (χ2v) is 9.99. The van der Waals surface area contributed by atoms with E-state index in [0.717, 1.165) is 6.42 Å². The lowest BCUT2D eigenvalue weighted by molar-refractivity contribution is 0.0476. The van der Waals surface area contributed by atoms with Crippen LogP contribution in [0.25, 0.3) is 0 Å². The lowest BCUT2D eigenvalue weighted by Gasteiger charge is -2.31. The van der Waals surface area contributed by atoms with Gasteiger partial charge in [-0.1, -0.05) is 20.8 Å². The number of rotatable bonds is 6. The van der Waals surface area contributed by atoms with Gasteiger partial charge in [-0.25, -0.2) is 9.98 Å². The second-order valence-electron chi connectivity index (χ2n) is 7.99. The van der Waals surface area contributed by atoms with E-state index in [9.17, 15) is 4.57 Å². The Morgan fingerprint density at radius 2 is 2.22 bits per heavy atom. The van der Waals surface area contributed by atoms with Crippen molar-refractivity contribution < 1.29 is 18.3 Å². The minimum Gasteiger partial charge on any atom is -0.382 e. The Balaban J connectivity index is 1.49. The second kappa shape index (κ2) is 8.09. The van der Waals surface area contributed by atoms with E-state index in [0.29, 0.717) is 43.9 Å². The zero-order valence-corrected chi connectivity index (χ0v) is 17.4. The van der Waals surface area contributed by atoms with Crippen LogP contribution < -0.4 is 5.73 Å². The number of nitrogens with zero attached hydrogens (tertiary/aromatic N) is 4. The van der Waals surface area contributed by atoms with E-state index in [2.05, 4.69) is 35.7 Å². The first-order chi connectivity index (χ1) is 12.7. The van der Waals surface area contributed by atoms with Crippen LogP contribution in [0.15, 0.2) is 15.0 Å². The quantitative estimate of drug-likeness (QED) is 0.685. The molecule has 3 heterocycles. The third kappa shape index (κ3) is 4.66. The van der Waals surface area contributed by atoms with Crippen LogP contribution in [0, 0.1) is 11.3 Å². The smallest absolute Gasteiger partial charge is 0.356 e. The molecule has 1 saturated heterocycles. The van der Waals surface area contributed by atoms with Gasteiger partial charge in [0.2, 0.25) is 0 Å². The molecule has 0 aromatic heterocycles. The van der Waals surface area contributed by atoms with Gasteiger partial charge in [0.05, 0.1) is 26.0 Å². The first-order valence-electron chi connectivity index (χ1n) is 9.36. The van der Waals surface area contributed by atoms with Gasteiger partial charge in [-0.3, -0.25) is 14.5 Å². The molecule has 0 aromatic rings. The van der Waals surface area contributed by atoms with Gasteiger partial charge in [-0.2, -0.15) is 0 Å². The molecule has 27 heavy (non-hydrogen) atoms. The highest BCUT2D eigenvalue weighted by atomic mass is 31.2. The fourth-order valence-electron chi connectivity index (χ4n) is 3.16. The first kappa shape index (κ1) is 20.6. The Hall–Kier alpha value is -1.12. The van der Waals surface area contributed by atoms with Crippen LogP contribution in [0.1, 0.15) is 34.1 Å². The van der Waals surface area contributed by atoms with Gasteiger partial charge in [0.15, 0.2) is 6.17 Å². The molecule has 3 aliphatic rings. The largest absolute Gasteiger partial charge is 0.382 e. The molecule has 10 heteroatoms. The first-order valence-corrected chi connectivity index (χ1v) is 11.1. The summed E-state index contributed by atoms with van der Waals surface area (Å²) < 4.78 is 30.0. The molecular formula is C17H30N5O4P. The van der Waals surface area contributed by atoms with Crippen molar-refractivity contribution in [3.8, 4) is 0 Å². The Kier molecular flexibility index (Phi) is 6.17. The summed E-state index contributed by atoms with van der Waals surface area (Å²) in [6.07, 6.45) is 1.82. The van der Waals surface area contributed by atoms with Crippen LogP contribution in [0.3, 0.4) is 0 Å². The van der Waals surface area contributed by atoms with Crippen molar-refractivity contribution in [1.82, 2.24) is 4.90 Å². The number of hydrogen-bond acceptors (Lipinski definition) is 9. The van der Waals surface area contributed by atoms with Crippen molar-refractivity contribution in [1.29, 1.82) is 0 Å². The third-order valence-corrected chi connectivity index (χ3v) is 7.20. The van der Waals surface area contributed by atoms with Crippen LogP contribution in [-0.2, 0) is 18.3 Å². The van der Waals surface area contributed by atoms with E-state index < -0.39 is 7.60 Å². The summed E-state index contributed by atoms with van der Waals surface area (Å²) >= 11 is 0. The third-order valence-electron chi connectivity index (χ3n) is 5.64. The SMILES string of the molecule is CC(CN1CN=C2C(N)=NC=NC21)OCP1(=O)OCCC(C)(C(C)C)CO1. The van der Waals surface area contributed by atoms with Gasteiger partial charge in [-0.15, -0.1) is 0 Å². The van der Waals surface area contributed by atoms with Crippen molar-refractivity contribution in [2.75, 3.05) is 32.8 Å². The number of nitrogens with two attached hydrogens (primary N) is 1. The van der Waals surface area contributed by atoms with Gasteiger partial charge < -0.3 is 19.5 Å². The molecule has 0 spiro atoms. The fourth-order valence-corrected chi connectivity index (χ4v) is 4.69. The highest BCUT2D eigenvalue weighted by Gasteiger charge is 2.39. The lowest BCUT2D eigenvalue weighted by Crippen LogP contribution is -2.44. The van der Waals surface area contributed by atoms with Gasteiger partial charge in [-0.05, 0) is 24.7 Å². The molecule has 0 saturated carbocycles. The van der Waals surface area contributed by atoms with Crippen LogP contribution >= 0.6 is 7.60 Å². The average molecular weight is 399 g/mol. The zero-order valence-electron chi connectivity index (χ0n) is 16.5. The Labute approximate surface area is 160 Å². The zero-order chi connectivity index (χ0) is 19.7. The number of fused-ring (bicyclic) bond motifs is 1. The summed E-state index contributed by atoms with van der Waals surface area (Å²) in [5.41, 5.74) is 6.50. The predicted octanol–water partition coefficient (Wildman–Crippen LogP) is 2.08. The Morgan fingerprint density at radius 1 is 1.44 bits per heavy atom. The number of aliphatic imine (C=N–C) groups is 3. The van der Waals surface area contributed by atoms with Crippen molar-refractivity contribution in [3.05, 3.63) is 0 Å². The molecule has 2 N–H and O–H groups in total. The Morgan fingerprint density at radius 3 is 2.96 bits per heavy atom. The van der Waals surface area contributed by atoms with Gasteiger partial charge >= 0.3 is 7.60 Å². The maximum Gasteiger partial charge on any atom is 0.356 e. The van der Waals surface area contributed by atoms with E-state index in [1.54, 1.807) is 0 Å². The van der Waals surface area contributed by atoms with Crippen molar-refractivity contribution in [2.45, 2.75) is 46.4 Å². The molecule has 0 radical (unpaired) electrons. The highest BCUT2D eigenvalue weighted by molar-refractivity contribution is 7.53. The van der Waals surface area contributed by atoms with E-state index >= 15 is 0 Å². The van der Waals surface area contributed by atoms with Crippen LogP contribution in [0.5, 0.6) is 0 Å². The molecule has 0 aromatic carbocycles. The van der Waals surface area contributed by atoms with Crippen LogP contribution in [0.4, 0.5) is 0 Å². The van der Waals surface area contributed by atoms with E-state index in [1.807, 2.05) is 11.8 Å². The van der Waals surface area contributed by atoms with E-state index in [4.69, 9.17) is 19.5 Å². The maximum absolute atomic E-state index is 12.9. The number of ether oxygens (including phenoxy) is 1. The highest BCUT2D eigenvalue weighted by Crippen LogP contribution is 2.53. The molecule has 4 atom stereocenters. The van der Waals surface area contributed by atoms with Crippen molar-refractivity contribution in [3.63, 3.8) is 0 Å². The average Bonchev–Trinajstić information content (AvgIpc) is 2.95. The predicted molar refractivity (Wildman–Crippen MR) is 105 cm³/mol. The molecule has 4 unspecified atom stereocenters. The number of hydrogen-bond donors (Lipinski definition) is 1. The summed E-state index contributed by atoms with van der Waals surface area (Å²) in [5.74, 6) is 0.827. The van der Waals surface area contributed by atoms with Gasteiger partial charge in [0.25, 0.3) is 0 Å². The van der Waals surface area contributed by atoms with E-state index in [1.165, 1.54) is 6.34 Å². The van der Waals surface area contributed by atoms with E-state index in [-0.39, 0.29) is 24.0 Å². The fraction of sp³-hybridized carbons (Fsp3) is 0.824. The minimum atomic E-state index is -3.25. The summed E-state index contributed by atoms with van der Waals surface area (Å²) in [4.78, 5) is 14.7. The molecule has 1 fully saturated rings. The molecule has 3 rings (SSSR count). The number of amidine groups is 1. The maximum atomic E-state index is 12.9. The summed E-state index contributed by atoms with van der Waals surface area (Å²) in [6.45, 7) is 10.3. The molecule has 9 nitrogen and oxygen atoms in total. The van der Waals surface area contributed by atoms with Crippen LogP contribution in [-0.4, -0.2) is 67.8 Å². The van der Waals surface area contributed by atoms with Crippen LogP contribution in [0.2, 0.25) is 0 Å². The summed E-state index contributed by atoms with van der Waals surface area (Å²) in [5, 5.41) is 0. The van der Waals surface area contributed by atoms with Crippen molar-refractivity contribution in [2.24, 2.45) is 32.0 Å². The van der Waals surface area contributed by atoms with Gasteiger partial charge in [0, 0.05) is 6.54 Å². The lowest BCUT2D eigenvalue weighted by atomic mass is 9.77. The molecule has 3 aliphatic heterocycles. The summed E-state index contributed by atoms with van der Waals surface area (Å²) in [6, 6.07) is 0. The van der Waals surface area contributed by atoms with Gasteiger partial charge in [0.1, 0.15) is 24.2 Å². The summed E-state index contributed by atoms with van der Waals surface area (Å²) in [7, 11) is -3.25. The normalized spacial score (nSPS) is 35.5. The molecule has 0 aliphatic carbocycles. The molecule has 0 bridgehead atoms. The molecule has 0 amide bonds. The molecule has 152 valence electrons. The monoisotopic (exact) mass is 399 g/mol. The van der Waals surface area contributed by atoms with Crippen molar-refractivity contribution >= 4 is 25.5 Å². The molecular weight excluding hydrogens is 369 g/mol. The Bertz CT molecular complexity index is 695. The topological polar surface area (TPSA) is 111 Å². The standard InChI is InChI=1S/C17H30N5O4P/c1-12(2)17(4)5-6-25-27(23,26-8-17)11-24-13(3)7-22-10-21-14-15(18)19-9-20-16(14)22/h9,12-13,16H,5-8,10-11H2,1-4H3,(H2,18,19,20).